The van der Waals surface area contributed by atoms with Crippen LogP contribution in [0.1, 0.15) is 55.4 Å². The standard InChI is InChI=1S/C23H30N2O2/c1-15(2)21-9-7-8-18(5)23(21)25(19(6)26)11-10-22(27)24-20-13-16(3)12-17(4)14-20/h7-9,12-15H,10-11H2,1-6H3,(H,24,27). The second kappa shape index (κ2) is 8.85. The molecule has 1 N–H and O–H groups in total. The summed E-state index contributed by atoms with van der Waals surface area (Å²) in [4.78, 5) is 26.5. The van der Waals surface area contributed by atoms with Gasteiger partial charge in [-0.15, -0.1) is 0 Å². The van der Waals surface area contributed by atoms with Crippen molar-refractivity contribution in [1.29, 1.82) is 0 Å². The lowest BCUT2D eigenvalue weighted by Gasteiger charge is -2.27. The molecule has 2 aromatic rings. The number of aryl methyl sites for hydroxylation is 3. The van der Waals surface area contributed by atoms with E-state index in [0.717, 1.165) is 33.6 Å². The van der Waals surface area contributed by atoms with Crippen molar-refractivity contribution >= 4 is 23.2 Å². The highest BCUT2D eigenvalue weighted by molar-refractivity contribution is 5.96. The van der Waals surface area contributed by atoms with E-state index >= 15 is 0 Å². The first kappa shape index (κ1) is 20.7. The number of nitrogens with zero attached hydrogens (tertiary/aromatic N) is 1. The summed E-state index contributed by atoms with van der Waals surface area (Å²) >= 11 is 0. The molecular weight excluding hydrogens is 336 g/mol. The van der Waals surface area contributed by atoms with Crippen LogP contribution in [0.15, 0.2) is 36.4 Å². The Kier molecular flexibility index (Phi) is 6.78. The van der Waals surface area contributed by atoms with Crippen molar-refractivity contribution in [2.45, 2.75) is 53.9 Å². The van der Waals surface area contributed by atoms with E-state index in [2.05, 4.69) is 31.3 Å². The van der Waals surface area contributed by atoms with Gasteiger partial charge in [-0.3, -0.25) is 9.59 Å². The molecule has 4 nitrogen and oxygen atoms in total. The smallest absolute Gasteiger partial charge is 0.226 e. The third kappa shape index (κ3) is 5.43. The second-order valence-corrected chi connectivity index (χ2v) is 7.51. The quantitative estimate of drug-likeness (QED) is 0.771. The van der Waals surface area contributed by atoms with Crippen LogP contribution in [0.5, 0.6) is 0 Å². The number of amides is 2. The molecule has 27 heavy (non-hydrogen) atoms. The number of benzene rings is 2. The van der Waals surface area contributed by atoms with Crippen LogP contribution in [0.2, 0.25) is 0 Å². The van der Waals surface area contributed by atoms with E-state index in [1.54, 1.807) is 11.8 Å². The van der Waals surface area contributed by atoms with E-state index in [-0.39, 0.29) is 18.2 Å². The van der Waals surface area contributed by atoms with Gasteiger partial charge in [-0.25, -0.2) is 0 Å². The maximum atomic E-state index is 12.4. The zero-order chi connectivity index (χ0) is 20.1. The Balaban J connectivity index is 2.16. The number of carbonyl (C=O) groups is 2. The van der Waals surface area contributed by atoms with E-state index in [0.29, 0.717) is 12.5 Å². The Hall–Kier alpha value is -2.62. The molecule has 0 saturated carbocycles. The first-order valence-electron chi connectivity index (χ1n) is 9.44. The largest absolute Gasteiger partial charge is 0.326 e. The van der Waals surface area contributed by atoms with E-state index in [4.69, 9.17) is 0 Å². The summed E-state index contributed by atoms with van der Waals surface area (Å²) in [5, 5.41) is 2.94. The van der Waals surface area contributed by atoms with Gasteiger partial charge >= 0.3 is 0 Å². The third-order valence-corrected chi connectivity index (χ3v) is 4.61. The van der Waals surface area contributed by atoms with Crippen molar-refractivity contribution < 1.29 is 9.59 Å². The lowest BCUT2D eigenvalue weighted by molar-refractivity contribution is -0.117. The van der Waals surface area contributed by atoms with Gasteiger partial charge in [0.05, 0.1) is 0 Å². The summed E-state index contributed by atoms with van der Waals surface area (Å²) < 4.78 is 0. The van der Waals surface area contributed by atoms with Gasteiger partial charge in [0.25, 0.3) is 0 Å². The van der Waals surface area contributed by atoms with Crippen LogP contribution in [0, 0.1) is 20.8 Å². The van der Waals surface area contributed by atoms with Crippen molar-refractivity contribution in [3.05, 3.63) is 58.7 Å². The van der Waals surface area contributed by atoms with Crippen molar-refractivity contribution in [1.82, 2.24) is 0 Å². The lowest BCUT2D eigenvalue weighted by Crippen LogP contribution is -2.33. The summed E-state index contributed by atoms with van der Waals surface area (Å²) in [5.41, 5.74) is 6.12. The minimum absolute atomic E-state index is 0.0506. The molecular formula is C23H30N2O2. The van der Waals surface area contributed by atoms with Gasteiger partial charge in [0.2, 0.25) is 11.8 Å². The number of anilines is 2. The minimum atomic E-state index is -0.0917. The van der Waals surface area contributed by atoms with Gasteiger partial charge in [0, 0.05) is 31.3 Å². The predicted octanol–water partition coefficient (Wildman–Crippen LogP) is 5.12. The molecule has 0 fully saturated rings. The Bertz CT molecular complexity index is 820. The SMILES string of the molecule is CC(=O)N(CCC(=O)Nc1cc(C)cc(C)c1)c1c(C)cccc1C(C)C. The number of para-hydroxylation sites is 1. The molecule has 0 unspecified atom stereocenters. The van der Waals surface area contributed by atoms with Crippen LogP contribution in [0.4, 0.5) is 11.4 Å². The summed E-state index contributed by atoms with van der Waals surface area (Å²) in [5.74, 6) is 0.155. The van der Waals surface area contributed by atoms with Crippen LogP contribution in [-0.2, 0) is 9.59 Å². The molecule has 0 atom stereocenters. The van der Waals surface area contributed by atoms with Crippen LogP contribution in [0.3, 0.4) is 0 Å². The van der Waals surface area contributed by atoms with Crippen LogP contribution < -0.4 is 10.2 Å². The Morgan fingerprint density at radius 3 is 2.22 bits per heavy atom. The topological polar surface area (TPSA) is 49.4 Å². The average Bonchev–Trinajstić information content (AvgIpc) is 2.54. The Morgan fingerprint density at radius 1 is 1.04 bits per heavy atom. The first-order chi connectivity index (χ1) is 12.7. The molecule has 0 aliphatic carbocycles. The van der Waals surface area contributed by atoms with Crippen LogP contribution in [0.25, 0.3) is 0 Å². The summed E-state index contributed by atoms with van der Waals surface area (Å²) in [7, 11) is 0. The van der Waals surface area contributed by atoms with Crippen molar-refractivity contribution in [3.63, 3.8) is 0 Å². The van der Waals surface area contributed by atoms with Crippen LogP contribution in [-0.4, -0.2) is 18.4 Å². The highest BCUT2D eigenvalue weighted by Crippen LogP contribution is 2.31. The van der Waals surface area contributed by atoms with Crippen molar-refractivity contribution in [2.75, 3.05) is 16.8 Å². The van der Waals surface area contributed by atoms with Gasteiger partial charge in [-0.05, 0) is 61.1 Å². The summed E-state index contributed by atoms with van der Waals surface area (Å²) in [6.45, 7) is 12.2. The number of carbonyl (C=O) groups excluding carboxylic acids is 2. The Labute approximate surface area is 162 Å². The zero-order valence-electron chi connectivity index (χ0n) is 17.2. The Morgan fingerprint density at radius 2 is 1.67 bits per heavy atom. The van der Waals surface area contributed by atoms with E-state index in [9.17, 15) is 9.59 Å². The maximum Gasteiger partial charge on any atom is 0.226 e. The van der Waals surface area contributed by atoms with Gasteiger partial charge < -0.3 is 10.2 Å². The molecule has 0 heterocycles. The maximum absolute atomic E-state index is 12.4. The predicted molar refractivity (Wildman–Crippen MR) is 112 cm³/mol. The van der Waals surface area contributed by atoms with Gasteiger partial charge in [0.1, 0.15) is 0 Å². The number of rotatable bonds is 6. The summed E-state index contributed by atoms with van der Waals surface area (Å²) in [6.07, 6.45) is 0.248. The molecule has 144 valence electrons. The van der Waals surface area contributed by atoms with E-state index in [1.165, 1.54) is 0 Å². The van der Waals surface area contributed by atoms with Gasteiger partial charge in [-0.2, -0.15) is 0 Å². The van der Waals surface area contributed by atoms with E-state index < -0.39 is 0 Å². The molecule has 0 aliphatic heterocycles. The molecule has 0 bridgehead atoms. The fourth-order valence-electron chi connectivity index (χ4n) is 3.43. The second-order valence-electron chi connectivity index (χ2n) is 7.51. The van der Waals surface area contributed by atoms with Crippen molar-refractivity contribution in [3.8, 4) is 0 Å². The molecule has 2 amide bonds. The highest BCUT2D eigenvalue weighted by atomic mass is 16.2. The first-order valence-corrected chi connectivity index (χ1v) is 9.44. The number of hydrogen-bond acceptors (Lipinski definition) is 2. The van der Waals surface area contributed by atoms with Crippen molar-refractivity contribution in [2.24, 2.45) is 0 Å². The molecule has 0 aromatic heterocycles. The fraction of sp³-hybridized carbons (Fsp3) is 0.391. The van der Waals surface area contributed by atoms with Crippen LogP contribution >= 0.6 is 0 Å². The molecule has 0 aliphatic rings. The average molecular weight is 367 g/mol. The minimum Gasteiger partial charge on any atom is -0.326 e. The normalized spacial score (nSPS) is 10.8. The molecule has 0 radical (unpaired) electrons. The third-order valence-electron chi connectivity index (χ3n) is 4.61. The molecule has 2 aromatic carbocycles. The summed E-state index contributed by atoms with van der Waals surface area (Å²) in [6, 6.07) is 12.0. The molecule has 0 spiro atoms. The monoisotopic (exact) mass is 366 g/mol. The van der Waals surface area contributed by atoms with E-state index in [1.807, 2.05) is 45.0 Å². The lowest BCUT2D eigenvalue weighted by atomic mass is 9.97. The van der Waals surface area contributed by atoms with Gasteiger partial charge in [-0.1, -0.05) is 38.1 Å². The number of hydrogen-bond donors (Lipinski definition) is 1. The zero-order valence-corrected chi connectivity index (χ0v) is 17.2. The molecule has 2 rings (SSSR count). The molecule has 0 saturated heterocycles. The fourth-order valence-corrected chi connectivity index (χ4v) is 3.43. The number of nitrogens with one attached hydrogen (secondary N) is 1. The molecule has 4 heteroatoms. The highest BCUT2D eigenvalue weighted by Gasteiger charge is 2.20. The van der Waals surface area contributed by atoms with Gasteiger partial charge in [0.15, 0.2) is 0 Å².